The highest BCUT2D eigenvalue weighted by Crippen LogP contribution is 2.24. The number of nitriles is 1. The minimum Gasteiger partial charge on any atom is -0.294 e. The molecular weight excluding hydrogens is 244 g/mol. The van der Waals surface area contributed by atoms with Gasteiger partial charge in [-0.25, -0.2) is 0 Å². The average Bonchev–Trinajstić information content (AvgIpc) is 2.48. The van der Waals surface area contributed by atoms with Crippen LogP contribution in [0.1, 0.15) is 29.2 Å². The van der Waals surface area contributed by atoms with E-state index in [2.05, 4.69) is 61.3 Å². The molecule has 2 rings (SSSR count). The van der Waals surface area contributed by atoms with Crippen LogP contribution in [0.25, 0.3) is 0 Å². The van der Waals surface area contributed by atoms with Gasteiger partial charge in [0.2, 0.25) is 0 Å². The first-order valence-corrected chi connectivity index (χ1v) is 6.88. The number of rotatable bonds is 5. The maximum absolute atomic E-state index is 9.07. The van der Waals surface area contributed by atoms with Gasteiger partial charge in [0, 0.05) is 12.6 Å². The van der Waals surface area contributed by atoms with Crippen LogP contribution in [0.2, 0.25) is 0 Å². The Bertz CT molecular complexity index is 567. The van der Waals surface area contributed by atoms with Crippen LogP contribution < -0.4 is 0 Å². The second-order valence-electron chi connectivity index (χ2n) is 5.19. The first-order valence-electron chi connectivity index (χ1n) is 6.88. The van der Waals surface area contributed by atoms with Gasteiger partial charge >= 0.3 is 0 Å². The fourth-order valence-corrected chi connectivity index (χ4v) is 2.38. The van der Waals surface area contributed by atoms with Crippen molar-refractivity contribution in [2.75, 3.05) is 7.05 Å². The minimum absolute atomic E-state index is 0.141. The van der Waals surface area contributed by atoms with Crippen molar-refractivity contribution in [3.05, 3.63) is 71.3 Å². The van der Waals surface area contributed by atoms with Crippen LogP contribution in [-0.4, -0.2) is 11.9 Å². The Kier molecular flexibility index (Phi) is 4.92. The molecule has 0 N–H and O–H groups in total. The Balaban J connectivity index is 2.13. The highest BCUT2D eigenvalue weighted by atomic mass is 15.1. The zero-order valence-corrected chi connectivity index (χ0v) is 12.1. The normalized spacial score (nSPS) is 12.1. The summed E-state index contributed by atoms with van der Waals surface area (Å²) in [6.45, 7) is 2.94. The molecule has 0 amide bonds. The van der Waals surface area contributed by atoms with E-state index in [9.17, 15) is 0 Å². The monoisotopic (exact) mass is 264 g/mol. The summed E-state index contributed by atoms with van der Waals surface area (Å²) in [4.78, 5) is 2.24. The molecule has 1 unspecified atom stereocenters. The van der Waals surface area contributed by atoms with Gasteiger partial charge in [-0.1, -0.05) is 60.2 Å². The van der Waals surface area contributed by atoms with E-state index in [1.165, 1.54) is 16.7 Å². The lowest BCUT2D eigenvalue weighted by molar-refractivity contribution is 0.239. The van der Waals surface area contributed by atoms with Gasteiger partial charge in [-0.15, -0.1) is 0 Å². The molecule has 20 heavy (non-hydrogen) atoms. The number of nitrogens with zero attached hydrogens (tertiary/aromatic N) is 2. The summed E-state index contributed by atoms with van der Waals surface area (Å²) in [5, 5.41) is 9.07. The molecule has 0 aliphatic heterocycles. The Labute approximate surface area is 121 Å². The van der Waals surface area contributed by atoms with Crippen LogP contribution in [0.15, 0.2) is 54.6 Å². The van der Waals surface area contributed by atoms with E-state index in [1.54, 1.807) is 0 Å². The maximum Gasteiger partial charge on any atom is 0.0641 e. The van der Waals surface area contributed by atoms with E-state index in [1.807, 2.05) is 18.2 Å². The molecule has 0 fully saturated rings. The lowest BCUT2D eigenvalue weighted by Gasteiger charge is -2.26. The second kappa shape index (κ2) is 6.88. The first-order chi connectivity index (χ1) is 9.70. The highest BCUT2D eigenvalue weighted by molar-refractivity contribution is 5.23. The Morgan fingerprint density at radius 1 is 1.05 bits per heavy atom. The predicted molar refractivity (Wildman–Crippen MR) is 82.1 cm³/mol. The third-order valence-electron chi connectivity index (χ3n) is 3.55. The van der Waals surface area contributed by atoms with Crippen LogP contribution in [0, 0.1) is 18.3 Å². The molecule has 102 valence electrons. The van der Waals surface area contributed by atoms with Crippen molar-refractivity contribution in [3.8, 4) is 6.07 Å². The van der Waals surface area contributed by atoms with Gasteiger partial charge in [-0.2, -0.15) is 5.26 Å². The van der Waals surface area contributed by atoms with Crippen molar-refractivity contribution in [1.82, 2.24) is 4.90 Å². The van der Waals surface area contributed by atoms with Crippen molar-refractivity contribution in [2.24, 2.45) is 0 Å². The van der Waals surface area contributed by atoms with Crippen LogP contribution in [-0.2, 0) is 6.54 Å². The van der Waals surface area contributed by atoms with Gasteiger partial charge in [0.25, 0.3) is 0 Å². The second-order valence-corrected chi connectivity index (χ2v) is 5.19. The van der Waals surface area contributed by atoms with Gasteiger partial charge < -0.3 is 0 Å². The predicted octanol–water partition coefficient (Wildman–Crippen LogP) is 4.08. The fourth-order valence-electron chi connectivity index (χ4n) is 2.38. The Hall–Kier alpha value is -2.11. The van der Waals surface area contributed by atoms with Crippen molar-refractivity contribution >= 4 is 0 Å². The Morgan fingerprint density at radius 3 is 2.30 bits per heavy atom. The number of hydrogen-bond acceptors (Lipinski definition) is 2. The summed E-state index contributed by atoms with van der Waals surface area (Å²) < 4.78 is 0. The van der Waals surface area contributed by atoms with E-state index < -0.39 is 0 Å². The van der Waals surface area contributed by atoms with Crippen LogP contribution in [0.4, 0.5) is 0 Å². The quantitative estimate of drug-likeness (QED) is 0.813. The molecule has 0 saturated heterocycles. The highest BCUT2D eigenvalue weighted by Gasteiger charge is 2.16. The van der Waals surface area contributed by atoms with E-state index in [0.717, 1.165) is 6.54 Å². The van der Waals surface area contributed by atoms with Crippen LogP contribution >= 0.6 is 0 Å². The molecule has 0 aliphatic carbocycles. The summed E-state index contributed by atoms with van der Waals surface area (Å²) in [6.07, 6.45) is 0.506. The topological polar surface area (TPSA) is 27.0 Å². The standard InChI is InChI=1S/C18H20N2/c1-15-8-10-16(11-9-15)14-20(2)18(12-13-19)17-6-4-3-5-7-17/h3-11,18H,12,14H2,1-2H3. The summed E-state index contributed by atoms with van der Waals surface area (Å²) in [7, 11) is 2.08. The molecular formula is C18H20N2. The molecule has 0 heterocycles. The van der Waals surface area contributed by atoms with Crippen LogP contribution in [0.3, 0.4) is 0 Å². The molecule has 1 atom stereocenters. The van der Waals surface area contributed by atoms with Gasteiger partial charge in [0.05, 0.1) is 12.5 Å². The summed E-state index contributed by atoms with van der Waals surface area (Å²) >= 11 is 0. The van der Waals surface area contributed by atoms with E-state index in [4.69, 9.17) is 5.26 Å². The summed E-state index contributed by atoms with van der Waals surface area (Å²) in [6, 6.07) is 21.3. The van der Waals surface area contributed by atoms with Gasteiger partial charge in [-0.05, 0) is 25.1 Å². The molecule has 0 aromatic heterocycles. The molecule has 0 saturated carbocycles. The molecule has 0 aliphatic rings. The largest absolute Gasteiger partial charge is 0.294 e. The smallest absolute Gasteiger partial charge is 0.0641 e. The van der Waals surface area contributed by atoms with E-state index >= 15 is 0 Å². The molecule has 2 aromatic carbocycles. The van der Waals surface area contributed by atoms with Crippen molar-refractivity contribution in [1.29, 1.82) is 5.26 Å². The zero-order chi connectivity index (χ0) is 14.4. The third kappa shape index (κ3) is 3.69. The SMILES string of the molecule is Cc1ccc(CN(C)C(CC#N)c2ccccc2)cc1. The van der Waals surface area contributed by atoms with Crippen molar-refractivity contribution in [3.63, 3.8) is 0 Å². The number of benzene rings is 2. The molecule has 0 radical (unpaired) electrons. The minimum atomic E-state index is 0.141. The van der Waals surface area contributed by atoms with Gasteiger partial charge in [0.15, 0.2) is 0 Å². The lowest BCUT2D eigenvalue weighted by atomic mass is 10.0. The maximum atomic E-state index is 9.07. The van der Waals surface area contributed by atoms with E-state index in [0.29, 0.717) is 6.42 Å². The van der Waals surface area contributed by atoms with Gasteiger partial charge in [-0.3, -0.25) is 4.90 Å². The zero-order valence-electron chi connectivity index (χ0n) is 12.1. The third-order valence-corrected chi connectivity index (χ3v) is 3.55. The molecule has 0 spiro atoms. The number of aryl methyl sites for hydroxylation is 1. The fraction of sp³-hybridized carbons (Fsp3) is 0.278. The van der Waals surface area contributed by atoms with Crippen molar-refractivity contribution in [2.45, 2.75) is 25.9 Å². The average molecular weight is 264 g/mol. The first kappa shape index (κ1) is 14.3. The molecule has 0 bridgehead atoms. The molecule has 2 nitrogen and oxygen atoms in total. The van der Waals surface area contributed by atoms with Gasteiger partial charge in [0.1, 0.15) is 0 Å². The molecule has 2 aromatic rings. The summed E-state index contributed by atoms with van der Waals surface area (Å²) in [5.74, 6) is 0. The number of hydrogen-bond donors (Lipinski definition) is 0. The van der Waals surface area contributed by atoms with Crippen molar-refractivity contribution < 1.29 is 0 Å². The van der Waals surface area contributed by atoms with Crippen LogP contribution in [0.5, 0.6) is 0 Å². The lowest BCUT2D eigenvalue weighted by Crippen LogP contribution is -2.24. The van der Waals surface area contributed by atoms with E-state index in [-0.39, 0.29) is 6.04 Å². The Morgan fingerprint density at radius 2 is 1.70 bits per heavy atom. The molecule has 2 heteroatoms. The summed E-state index contributed by atoms with van der Waals surface area (Å²) in [5.41, 5.74) is 3.74.